The monoisotopic (exact) mass is 471 g/mol. The Hall–Kier alpha value is -4.26. The van der Waals surface area contributed by atoms with Crippen molar-refractivity contribution in [2.45, 2.75) is 20.8 Å². The van der Waals surface area contributed by atoms with Crippen LogP contribution in [-0.2, 0) is 0 Å². The molecule has 0 atom stereocenters. The van der Waals surface area contributed by atoms with Gasteiger partial charge in [0.1, 0.15) is 0 Å². The molecule has 1 heterocycles. The summed E-state index contributed by atoms with van der Waals surface area (Å²) in [5.74, 6) is 1.02. The van der Waals surface area contributed by atoms with Crippen LogP contribution in [0, 0.1) is 0 Å². The number of amides is 1. The second-order valence-electron chi connectivity index (χ2n) is 7.63. The van der Waals surface area contributed by atoms with E-state index in [-0.39, 0.29) is 5.91 Å². The van der Waals surface area contributed by atoms with Gasteiger partial charge in [0.15, 0.2) is 11.5 Å². The zero-order chi connectivity index (χ0) is 24.6. The van der Waals surface area contributed by atoms with E-state index in [2.05, 4.69) is 15.5 Å². The quantitative estimate of drug-likeness (QED) is 0.226. The van der Waals surface area contributed by atoms with Crippen LogP contribution in [0.1, 0.15) is 36.7 Å². The molecule has 35 heavy (non-hydrogen) atoms. The van der Waals surface area contributed by atoms with Crippen LogP contribution in [0.4, 0.5) is 0 Å². The molecule has 0 unspecified atom stereocenters. The number of carbonyl (C=O) groups is 1. The van der Waals surface area contributed by atoms with E-state index in [1.54, 1.807) is 18.3 Å². The number of aromatic nitrogens is 1. The summed E-state index contributed by atoms with van der Waals surface area (Å²) in [6, 6.07) is 21.3. The second-order valence-corrected chi connectivity index (χ2v) is 7.63. The SMILES string of the molecule is CCOc1cc(C(=O)N/N=C/c2c(-c3ccccc3)[nH]c3ccccc23)cc(OCC)c1OCC. The van der Waals surface area contributed by atoms with Crippen molar-refractivity contribution in [1.29, 1.82) is 0 Å². The van der Waals surface area contributed by atoms with Crippen LogP contribution < -0.4 is 19.6 Å². The number of carbonyl (C=O) groups excluding carboxylic acids is 1. The van der Waals surface area contributed by atoms with Gasteiger partial charge >= 0.3 is 0 Å². The topological polar surface area (TPSA) is 84.9 Å². The number of ether oxygens (including phenoxy) is 3. The van der Waals surface area contributed by atoms with Gasteiger partial charge in [0, 0.05) is 22.0 Å². The third-order valence-electron chi connectivity index (χ3n) is 5.34. The lowest BCUT2D eigenvalue weighted by molar-refractivity contribution is 0.0954. The highest BCUT2D eigenvalue weighted by atomic mass is 16.5. The molecule has 1 aromatic heterocycles. The predicted octanol–water partition coefficient (Wildman–Crippen LogP) is 5.79. The van der Waals surface area contributed by atoms with E-state index in [1.165, 1.54) is 0 Å². The van der Waals surface area contributed by atoms with Gasteiger partial charge in [0.05, 0.1) is 31.7 Å². The molecule has 0 radical (unpaired) electrons. The Balaban J connectivity index is 1.64. The average molecular weight is 472 g/mol. The minimum atomic E-state index is -0.382. The highest BCUT2D eigenvalue weighted by Gasteiger charge is 2.18. The second kappa shape index (κ2) is 11.2. The van der Waals surface area contributed by atoms with Crippen molar-refractivity contribution in [3.63, 3.8) is 0 Å². The number of hydrogen-bond donors (Lipinski definition) is 2. The largest absolute Gasteiger partial charge is 0.490 e. The van der Waals surface area contributed by atoms with Crippen LogP contribution in [0.3, 0.4) is 0 Å². The van der Waals surface area contributed by atoms with E-state index >= 15 is 0 Å². The normalized spacial score (nSPS) is 11.1. The Bertz CT molecular complexity index is 1300. The molecule has 0 bridgehead atoms. The lowest BCUT2D eigenvalue weighted by atomic mass is 10.1. The highest BCUT2D eigenvalue weighted by Crippen LogP contribution is 2.39. The van der Waals surface area contributed by atoms with Crippen LogP contribution in [0.25, 0.3) is 22.2 Å². The standard InChI is InChI=1S/C28H29N3O4/c1-4-33-24-16-20(17-25(34-5-2)27(24)35-6-3)28(32)31-29-18-22-21-14-10-11-15-23(21)30-26(22)19-12-8-7-9-13-19/h7-18,30H,4-6H2,1-3H3,(H,31,32)/b29-18+. The summed E-state index contributed by atoms with van der Waals surface area (Å²) in [7, 11) is 0. The number of para-hydroxylation sites is 1. The van der Waals surface area contributed by atoms with Gasteiger partial charge in [-0.3, -0.25) is 4.79 Å². The smallest absolute Gasteiger partial charge is 0.271 e. The van der Waals surface area contributed by atoms with Gasteiger partial charge in [0.25, 0.3) is 5.91 Å². The van der Waals surface area contributed by atoms with E-state index in [4.69, 9.17) is 14.2 Å². The van der Waals surface area contributed by atoms with E-state index in [0.717, 1.165) is 27.7 Å². The molecular weight excluding hydrogens is 442 g/mol. The third-order valence-corrected chi connectivity index (χ3v) is 5.34. The van der Waals surface area contributed by atoms with Crippen LogP contribution in [0.5, 0.6) is 17.2 Å². The van der Waals surface area contributed by atoms with Crippen molar-refractivity contribution < 1.29 is 19.0 Å². The van der Waals surface area contributed by atoms with Gasteiger partial charge in [-0.15, -0.1) is 0 Å². The molecule has 0 fully saturated rings. The molecule has 180 valence electrons. The molecule has 0 aliphatic rings. The van der Waals surface area contributed by atoms with Crippen molar-refractivity contribution >= 4 is 23.0 Å². The number of nitrogens with zero attached hydrogens (tertiary/aromatic N) is 1. The summed E-state index contributed by atoms with van der Waals surface area (Å²) in [6.07, 6.45) is 1.67. The van der Waals surface area contributed by atoms with Crippen molar-refractivity contribution in [2.75, 3.05) is 19.8 Å². The molecule has 7 heteroatoms. The maximum Gasteiger partial charge on any atom is 0.271 e. The number of hydrazone groups is 1. The van der Waals surface area contributed by atoms with E-state index in [9.17, 15) is 4.79 Å². The van der Waals surface area contributed by atoms with Gasteiger partial charge in [0.2, 0.25) is 5.75 Å². The van der Waals surface area contributed by atoms with Crippen LogP contribution >= 0.6 is 0 Å². The fraction of sp³-hybridized carbons (Fsp3) is 0.214. The van der Waals surface area contributed by atoms with Crippen LogP contribution in [0.15, 0.2) is 71.8 Å². The molecule has 0 spiro atoms. The van der Waals surface area contributed by atoms with Crippen LogP contribution in [0.2, 0.25) is 0 Å². The number of nitrogens with one attached hydrogen (secondary N) is 2. The summed E-state index contributed by atoms with van der Waals surface area (Å²) in [5, 5.41) is 5.30. The van der Waals surface area contributed by atoms with Gasteiger partial charge in [-0.2, -0.15) is 5.10 Å². The minimum Gasteiger partial charge on any atom is -0.490 e. The third kappa shape index (κ3) is 5.30. The van der Waals surface area contributed by atoms with Gasteiger partial charge in [-0.05, 0) is 44.5 Å². The van der Waals surface area contributed by atoms with Gasteiger partial charge in [-0.1, -0.05) is 48.5 Å². The minimum absolute atomic E-state index is 0.361. The molecule has 1 amide bonds. The molecular formula is C28H29N3O4. The highest BCUT2D eigenvalue weighted by molar-refractivity contribution is 6.06. The Kier molecular flexibility index (Phi) is 7.67. The maximum atomic E-state index is 13.0. The summed E-state index contributed by atoms with van der Waals surface area (Å²) in [5.41, 5.74) is 6.85. The number of H-pyrrole nitrogens is 1. The molecule has 7 nitrogen and oxygen atoms in total. The van der Waals surface area contributed by atoms with Gasteiger partial charge < -0.3 is 19.2 Å². The van der Waals surface area contributed by atoms with E-state index in [0.29, 0.717) is 42.6 Å². The van der Waals surface area contributed by atoms with Crippen molar-refractivity contribution in [1.82, 2.24) is 10.4 Å². The Morgan fingerprint density at radius 1 is 0.886 bits per heavy atom. The molecule has 4 aromatic rings. The van der Waals surface area contributed by atoms with E-state index < -0.39 is 0 Å². The van der Waals surface area contributed by atoms with Gasteiger partial charge in [-0.25, -0.2) is 5.43 Å². The zero-order valence-corrected chi connectivity index (χ0v) is 20.1. The van der Waals surface area contributed by atoms with Crippen molar-refractivity contribution in [3.8, 4) is 28.5 Å². The summed E-state index contributed by atoms with van der Waals surface area (Å²) in [4.78, 5) is 16.4. The first-order chi connectivity index (χ1) is 17.2. The molecule has 0 saturated heterocycles. The summed E-state index contributed by atoms with van der Waals surface area (Å²) < 4.78 is 17.2. The number of benzene rings is 3. The predicted molar refractivity (Wildman–Crippen MR) is 139 cm³/mol. The molecule has 0 aliphatic heterocycles. The van der Waals surface area contributed by atoms with Crippen LogP contribution in [-0.4, -0.2) is 36.9 Å². The first-order valence-electron chi connectivity index (χ1n) is 11.7. The number of rotatable bonds is 10. The van der Waals surface area contributed by atoms with E-state index in [1.807, 2.05) is 75.4 Å². The number of aromatic amines is 1. The molecule has 2 N–H and O–H groups in total. The molecule has 4 rings (SSSR count). The fourth-order valence-corrected chi connectivity index (χ4v) is 3.87. The lowest BCUT2D eigenvalue weighted by Gasteiger charge is -2.16. The number of fused-ring (bicyclic) bond motifs is 1. The summed E-state index contributed by atoms with van der Waals surface area (Å²) in [6.45, 7) is 6.94. The Morgan fingerprint density at radius 3 is 2.17 bits per heavy atom. The first kappa shape index (κ1) is 23.9. The maximum absolute atomic E-state index is 13.0. The van der Waals surface area contributed by atoms with Crippen molar-refractivity contribution in [3.05, 3.63) is 77.9 Å². The fourth-order valence-electron chi connectivity index (χ4n) is 3.87. The molecule has 0 aliphatic carbocycles. The lowest BCUT2D eigenvalue weighted by Crippen LogP contribution is -2.18. The Labute approximate surface area is 204 Å². The van der Waals surface area contributed by atoms with Crippen molar-refractivity contribution in [2.24, 2.45) is 5.10 Å². The summed E-state index contributed by atoms with van der Waals surface area (Å²) >= 11 is 0. The first-order valence-corrected chi connectivity index (χ1v) is 11.7. The number of hydrogen-bond acceptors (Lipinski definition) is 5. The zero-order valence-electron chi connectivity index (χ0n) is 20.1. The molecule has 0 saturated carbocycles. The molecule has 3 aromatic carbocycles. The Morgan fingerprint density at radius 2 is 1.51 bits per heavy atom. The average Bonchev–Trinajstić information content (AvgIpc) is 3.25.